The summed E-state index contributed by atoms with van der Waals surface area (Å²) < 4.78 is 5.40. The van der Waals surface area contributed by atoms with Gasteiger partial charge in [0.25, 0.3) is 5.91 Å². The van der Waals surface area contributed by atoms with Gasteiger partial charge in [-0.3, -0.25) is 14.4 Å². The number of carbonyl (C=O) groups excluding carboxylic acids is 3. The summed E-state index contributed by atoms with van der Waals surface area (Å²) in [4.78, 5) is 42.9. The molecule has 2 amide bonds. The van der Waals surface area contributed by atoms with Crippen LogP contribution in [0.25, 0.3) is 0 Å². The fraction of sp³-hybridized carbons (Fsp3) is 0.679. The fourth-order valence-corrected chi connectivity index (χ4v) is 6.25. The largest absolute Gasteiger partial charge is 0.388 e. The monoisotopic (exact) mass is 497 g/mol. The first-order chi connectivity index (χ1) is 17.3. The molecule has 2 N–H and O–H groups in total. The smallest absolute Gasteiger partial charge is 0.251 e. The summed E-state index contributed by atoms with van der Waals surface area (Å²) in [6, 6.07) is 7.06. The lowest BCUT2D eigenvalue weighted by Crippen LogP contribution is -2.52. The molecule has 1 unspecified atom stereocenters. The van der Waals surface area contributed by atoms with Crippen LogP contribution in [0.3, 0.4) is 0 Å². The van der Waals surface area contributed by atoms with E-state index >= 15 is 0 Å². The van der Waals surface area contributed by atoms with Gasteiger partial charge in [-0.05, 0) is 74.7 Å². The zero-order valence-electron chi connectivity index (χ0n) is 21.4. The number of rotatable bonds is 7. The van der Waals surface area contributed by atoms with E-state index in [9.17, 15) is 19.5 Å². The maximum absolute atomic E-state index is 13.4. The van der Waals surface area contributed by atoms with Crippen LogP contribution in [0.15, 0.2) is 24.3 Å². The number of Topliss-reactive ketones (excluding diaryl/α,β-unsaturated/α-hetero) is 1. The van der Waals surface area contributed by atoms with Crippen LogP contribution in [0.2, 0.25) is 0 Å². The van der Waals surface area contributed by atoms with Gasteiger partial charge in [-0.15, -0.1) is 0 Å². The number of amides is 2. The first-order valence-corrected chi connectivity index (χ1v) is 13.6. The van der Waals surface area contributed by atoms with E-state index in [0.29, 0.717) is 17.9 Å². The second-order valence-corrected chi connectivity index (χ2v) is 11.4. The number of piperidine rings is 1. The topological polar surface area (TPSA) is 99.2 Å². The molecule has 4 fully saturated rings. The fourth-order valence-electron chi connectivity index (χ4n) is 6.25. The van der Waals surface area contributed by atoms with E-state index in [1.54, 1.807) is 0 Å². The van der Waals surface area contributed by atoms with Crippen LogP contribution in [0.1, 0.15) is 74.2 Å². The van der Waals surface area contributed by atoms with Crippen LogP contribution < -0.4 is 5.32 Å². The van der Waals surface area contributed by atoms with Crippen molar-refractivity contribution in [3.05, 3.63) is 35.4 Å². The van der Waals surface area contributed by atoms with Crippen LogP contribution in [0.5, 0.6) is 0 Å². The van der Waals surface area contributed by atoms with E-state index < -0.39 is 24.3 Å². The number of likely N-dealkylation sites (tertiary alicyclic amines) is 2. The summed E-state index contributed by atoms with van der Waals surface area (Å²) in [6.45, 7) is 6.22. The molecule has 8 nitrogen and oxygen atoms in total. The quantitative estimate of drug-likeness (QED) is 0.599. The number of aliphatic hydroxyl groups is 1. The third-order valence-corrected chi connectivity index (χ3v) is 8.52. The van der Waals surface area contributed by atoms with E-state index in [1.807, 2.05) is 38.1 Å². The van der Waals surface area contributed by atoms with Crippen LogP contribution >= 0.6 is 0 Å². The van der Waals surface area contributed by atoms with Crippen molar-refractivity contribution in [3.8, 4) is 0 Å². The Balaban J connectivity index is 1.21. The minimum Gasteiger partial charge on any atom is -0.388 e. The van der Waals surface area contributed by atoms with Gasteiger partial charge in [0.1, 0.15) is 30.9 Å². The number of nitrogens with zero attached hydrogens (tertiary/aromatic N) is 2. The van der Waals surface area contributed by atoms with Crippen LogP contribution in [0, 0.1) is 5.92 Å². The zero-order valence-corrected chi connectivity index (χ0v) is 21.4. The minimum absolute atomic E-state index is 0.0403. The molecule has 3 aliphatic heterocycles. The summed E-state index contributed by atoms with van der Waals surface area (Å²) in [7, 11) is 0. The lowest BCUT2D eigenvalue weighted by molar-refractivity contribution is -0.138. The Labute approximate surface area is 213 Å². The van der Waals surface area contributed by atoms with Gasteiger partial charge in [0, 0.05) is 11.6 Å². The van der Waals surface area contributed by atoms with Gasteiger partial charge in [-0.2, -0.15) is 0 Å². The Morgan fingerprint density at radius 2 is 1.81 bits per heavy atom. The molecule has 8 heteroatoms. The Bertz CT molecular complexity index is 968. The van der Waals surface area contributed by atoms with Crippen LogP contribution in [-0.4, -0.2) is 89.1 Å². The van der Waals surface area contributed by atoms with Crippen molar-refractivity contribution in [2.75, 3.05) is 26.2 Å². The number of carbonyl (C=O) groups is 3. The van der Waals surface area contributed by atoms with E-state index in [0.717, 1.165) is 32.0 Å². The van der Waals surface area contributed by atoms with Crippen molar-refractivity contribution in [2.45, 2.75) is 88.6 Å². The highest BCUT2D eigenvalue weighted by Gasteiger charge is 2.52. The molecule has 0 aromatic heterocycles. The standard InChI is InChI=1S/C28H39N3O5/c1-17(2)14-22(28(35)31-15-23(32)26-25(31)24(33)16-36-26)29-27(34)20-8-6-18(7-9-20)19-10-12-30(13-11-19)21-4-3-5-21/h6-9,17,19,21-23,25-26,32H,3-5,10-16H2,1-2H3,(H,29,34)/t22?,23-,25+,26+/m0/s1. The van der Waals surface area contributed by atoms with Crippen molar-refractivity contribution in [2.24, 2.45) is 5.92 Å². The van der Waals surface area contributed by atoms with Crippen molar-refractivity contribution in [1.82, 2.24) is 15.1 Å². The van der Waals surface area contributed by atoms with Crippen molar-refractivity contribution in [1.29, 1.82) is 0 Å². The second-order valence-electron chi connectivity index (χ2n) is 11.4. The number of aliphatic hydroxyl groups excluding tert-OH is 1. The lowest BCUT2D eigenvalue weighted by atomic mass is 9.85. The Morgan fingerprint density at radius 1 is 1.11 bits per heavy atom. The SMILES string of the molecule is CC(C)CC(NC(=O)c1ccc(C2CCN(C3CCC3)CC2)cc1)C(=O)N1C[C@H](O)[C@H]2OCC(=O)[C@H]21. The number of fused-ring (bicyclic) bond motifs is 1. The average molecular weight is 498 g/mol. The van der Waals surface area contributed by atoms with Crippen molar-refractivity contribution >= 4 is 17.6 Å². The third kappa shape index (κ3) is 5.08. The molecule has 1 aliphatic carbocycles. The van der Waals surface area contributed by atoms with Gasteiger partial charge >= 0.3 is 0 Å². The molecule has 196 valence electrons. The molecule has 1 aromatic rings. The molecular weight excluding hydrogens is 458 g/mol. The van der Waals surface area contributed by atoms with Gasteiger partial charge < -0.3 is 25.0 Å². The lowest BCUT2D eigenvalue weighted by Gasteiger charge is -2.42. The highest BCUT2D eigenvalue weighted by atomic mass is 16.5. The van der Waals surface area contributed by atoms with E-state index in [4.69, 9.17) is 4.74 Å². The predicted molar refractivity (Wildman–Crippen MR) is 135 cm³/mol. The van der Waals surface area contributed by atoms with Crippen LogP contribution in [-0.2, 0) is 14.3 Å². The van der Waals surface area contributed by atoms with E-state index in [-0.39, 0.29) is 36.7 Å². The van der Waals surface area contributed by atoms with Gasteiger partial charge in [-0.25, -0.2) is 0 Å². The maximum Gasteiger partial charge on any atom is 0.251 e. The minimum atomic E-state index is -0.895. The molecule has 0 spiro atoms. The normalized spacial score (nSPS) is 28.3. The Kier molecular flexibility index (Phi) is 7.47. The Morgan fingerprint density at radius 3 is 2.42 bits per heavy atom. The molecule has 1 aromatic carbocycles. The summed E-state index contributed by atoms with van der Waals surface area (Å²) in [5.41, 5.74) is 1.79. The molecule has 1 saturated carbocycles. The molecule has 3 saturated heterocycles. The van der Waals surface area contributed by atoms with Gasteiger partial charge in [0.2, 0.25) is 5.91 Å². The summed E-state index contributed by atoms with van der Waals surface area (Å²) in [6.07, 6.45) is 5.24. The summed E-state index contributed by atoms with van der Waals surface area (Å²) >= 11 is 0. The molecule has 5 rings (SSSR count). The summed E-state index contributed by atoms with van der Waals surface area (Å²) in [5, 5.41) is 13.2. The molecule has 0 radical (unpaired) electrons. The maximum atomic E-state index is 13.4. The molecule has 36 heavy (non-hydrogen) atoms. The first-order valence-electron chi connectivity index (χ1n) is 13.6. The molecule has 0 bridgehead atoms. The van der Waals surface area contributed by atoms with E-state index in [2.05, 4.69) is 10.2 Å². The number of hydrogen-bond donors (Lipinski definition) is 2. The number of hydrogen-bond acceptors (Lipinski definition) is 6. The highest BCUT2D eigenvalue weighted by molar-refractivity contribution is 5.99. The molecular formula is C28H39N3O5. The van der Waals surface area contributed by atoms with Gasteiger partial charge in [0.05, 0.1) is 6.54 Å². The van der Waals surface area contributed by atoms with Crippen molar-refractivity contribution < 1.29 is 24.2 Å². The highest BCUT2D eigenvalue weighted by Crippen LogP contribution is 2.33. The van der Waals surface area contributed by atoms with Crippen molar-refractivity contribution in [3.63, 3.8) is 0 Å². The predicted octanol–water partition coefficient (Wildman–Crippen LogP) is 2.10. The number of β-amino-alcohol motifs (C(OH)–C–C–N with tert-alkyl or cyclic N) is 1. The number of ether oxygens (including phenoxy) is 1. The third-order valence-electron chi connectivity index (χ3n) is 8.52. The second kappa shape index (κ2) is 10.6. The molecule has 3 heterocycles. The average Bonchev–Trinajstić information content (AvgIpc) is 3.38. The summed E-state index contributed by atoms with van der Waals surface area (Å²) in [5.74, 6) is -0.155. The first kappa shape index (κ1) is 25.4. The van der Waals surface area contributed by atoms with Gasteiger partial charge in [0.15, 0.2) is 5.78 Å². The zero-order chi connectivity index (χ0) is 25.4. The van der Waals surface area contributed by atoms with Gasteiger partial charge in [-0.1, -0.05) is 32.4 Å². The molecule has 4 aliphatic rings. The Hall–Kier alpha value is -2.29. The number of nitrogens with one attached hydrogen (secondary N) is 1. The van der Waals surface area contributed by atoms with E-state index in [1.165, 1.54) is 29.7 Å². The number of benzene rings is 1. The number of ketones is 1. The van der Waals surface area contributed by atoms with Crippen LogP contribution in [0.4, 0.5) is 0 Å². The molecule has 4 atom stereocenters.